The van der Waals surface area contributed by atoms with E-state index in [4.69, 9.17) is 9.47 Å². The summed E-state index contributed by atoms with van der Waals surface area (Å²) in [6.45, 7) is 3.81. The second kappa shape index (κ2) is 7.38. The molecule has 2 N–H and O–H groups in total. The number of carbonyl (C=O) groups excluding carboxylic acids is 1. The lowest BCUT2D eigenvalue weighted by molar-refractivity contribution is -0.120. The summed E-state index contributed by atoms with van der Waals surface area (Å²) < 4.78 is 23.8. The van der Waals surface area contributed by atoms with Gasteiger partial charge in [-0.15, -0.1) is 0 Å². The minimum absolute atomic E-state index is 0.00745. The van der Waals surface area contributed by atoms with Crippen LogP contribution in [-0.4, -0.2) is 38.8 Å². The molecule has 0 spiro atoms. The van der Waals surface area contributed by atoms with Crippen molar-refractivity contribution in [3.63, 3.8) is 0 Å². The SMILES string of the molecule is CCCNC1COCC1C(=O)Nc1ccc(OC)c(F)c1. The van der Waals surface area contributed by atoms with E-state index in [1.165, 1.54) is 19.2 Å². The fraction of sp³-hybridized carbons (Fsp3) is 0.533. The molecular formula is C15H21FN2O3. The van der Waals surface area contributed by atoms with Gasteiger partial charge in [0, 0.05) is 17.8 Å². The first-order valence-corrected chi connectivity index (χ1v) is 7.11. The molecule has 1 aromatic carbocycles. The summed E-state index contributed by atoms with van der Waals surface area (Å²) in [5, 5.41) is 6.03. The number of hydrogen-bond donors (Lipinski definition) is 2. The number of rotatable bonds is 6. The molecular weight excluding hydrogens is 275 g/mol. The van der Waals surface area contributed by atoms with Gasteiger partial charge in [0.25, 0.3) is 0 Å². The number of halogens is 1. The first kappa shape index (κ1) is 15.7. The van der Waals surface area contributed by atoms with Crippen molar-refractivity contribution in [1.82, 2.24) is 5.32 Å². The fourth-order valence-corrected chi connectivity index (χ4v) is 2.32. The largest absolute Gasteiger partial charge is 0.494 e. The summed E-state index contributed by atoms with van der Waals surface area (Å²) in [5.41, 5.74) is 0.416. The Morgan fingerprint density at radius 2 is 2.29 bits per heavy atom. The molecule has 1 aliphatic rings. The molecule has 2 rings (SSSR count). The standard InChI is InChI=1S/C15H21FN2O3/c1-3-6-17-13-9-21-8-11(13)15(19)18-10-4-5-14(20-2)12(16)7-10/h4-5,7,11,13,17H,3,6,8-9H2,1-2H3,(H,18,19). The molecule has 1 saturated heterocycles. The Balaban J connectivity index is 1.98. The maximum Gasteiger partial charge on any atom is 0.231 e. The number of ether oxygens (including phenoxy) is 2. The first-order chi connectivity index (χ1) is 10.2. The van der Waals surface area contributed by atoms with Crippen LogP contribution in [0.25, 0.3) is 0 Å². The third kappa shape index (κ3) is 3.92. The molecule has 6 heteroatoms. The number of anilines is 1. The van der Waals surface area contributed by atoms with Crippen LogP contribution in [0.1, 0.15) is 13.3 Å². The number of amides is 1. The summed E-state index contributed by atoms with van der Waals surface area (Å²) in [6.07, 6.45) is 0.995. The molecule has 116 valence electrons. The fourth-order valence-electron chi connectivity index (χ4n) is 2.32. The Hall–Kier alpha value is -1.66. The zero-order valence-electron chi connectivity index (χ0n) is 12.3. The minimum atomic E-state index is -0.501. The van der Waals surface area contributed by atoms with Crippen LogP contribution >= 0.6 is 0 Å². The summed E-state index contributed by atoms with van der Waals surface area (Å²) in [7, 11) is 1.40. The van der Waals surface area contributed by atoms with Crippen LogP contribution in [0.3, 0.4) is 0 Å². The highest BCUT2D eigenvalue weighted by Gasteiger charge is 2.33. The highest BCUT2D eigenvalue weighted by Crippen LogP contribution is 2.22. The van der Waals surface area contributed by atoms with E-state index in [1.807, 2.05) is 0 Å². The van der Waals surface area contributed by atoms with E-state index in [-0.39, 0.29) is 23.6 Å². The predicted octanol–water partition coefficient (Wildman–Crippen LogP) is 1.79. The minimum Gasteiger partial charge on any atom is -0.494 e. The van der Waals surface area contributed by atoms with Gasteiger partial charge in [-0.2, -0.15) is 0 Å². The van der Waals surface area contributed by atoms with Crippen molar-refractivity contribution in [2.45, 2.75) is 19.4 Å². The molecule has 0 aliphatic carbocycles. The average Bonchev–Trinajstić information content (AvgIpc) is 2.93. The van der Waals surface area contributed by atoms with Gasteiger partial charge in [0.1, 0.15) is 0 Å². The molecule has 2 unspecified atom stereocenters. The van der Waals surface area contributed by atoms with Gasteiger partial charge in [0.2, 0.25) is 5.91 Å². The number of carbonyl (C=O) groups is 1. The molecule has 1 fully saturated rings. The lowest BCUT2D eigenvalue weighted by Gasteiger charge is -2.18. The normalized spacial score (nSPS) is 21.3. The molecule has 1 heterocycles. The van der Waals surface area contributed by atoms with E-state index in [1.54, 1.807) is 6.07 Å². The molecule has 0 radical (unpaired) electrons. The van der Waals surface area contributed by atoms with Crippen LogP contribution in [0.15, 0.2) is 18.2 Å². The molecule has 2 atom stereocenters. The summed E-state index contributed by atoms with van der Waals surface area (Å²) in [5.74, 6) is -0.772. The van der Waals surface area contributed by atoms with Gasteiger partial charge in [-0.05, 0) is 25.1 Å². The lowest BCUT2D eigenvalue weighted by Crippen LogP contribution is -2.41. The number of hydrogen-bond acceptors (Lipinski definition) is 4. The summed E-state index contributed by atoms with van der Waals surface area (Å²) in [6, 6.07) is 4.36. The van der Waals surface area contributed by atoms with Crippen LogP contribution in [0.2, 0.25) is 0 Å². The third-order valence-corrected chi connectivity index (χ3v) is 3.49. The Labute approximate surface area is 123 Å². The van der Waals surface area contributed by atoms with Gasteiger partial charge in [0.15, 0.2) is 11.6 Å². The van der Waals surface area contributed by atoms with Crippen molar-refractivity contribution in [3.8, 4) is 5.75 Å². The van der Waals surface area contributed by atoms with E-state index in [0.717, 1.165) is 13.0 Å². The van der Waals surface area contributed by atoms with Crippen molar-refractivity contribution in [2.24, 2.45) is 5.92 Å². The van der Waals surface area contributed by atoms with Gasteiger partial charge < -0.3 is 20.1 Å². The van der Waals surface area contributed by atoms with E-state index < -0.39 is 5.82 Å². The van der Waals surface area contributed by atoms with Crippen molar-refractivity contribution < 1.29 is 18.7 Å². The Kier molecular flexibility index (Phi) is 5.52. The van der Waals surface area contributed by atoms with Gasteiger partial charge in [-0.1, -0.05) is 6.92 Å². The van der Waals surface area contributed by atoms with Crippen LogP contribution < -0.4 is 15.4 Å². The number of methoxy groups -OCH3 is 1. The number of nitrogens with one attached hydrogen (secondary N) is 2. The van der Waals surface area contributed by atoms with E-state index in [0.29, 0.717) is 18.9 Å². The molecule has 21 heavy (non-hydrogen) atoms. The van der Waals surface area contributed by atoms with E-state index in [9.17, 15) is 9.18 Å². The highest BCUT2D eigenvalue weighted by molar-refractivity contribution is 5.93. The average molecular weight is 296 g/mol. The van der Waals surface area contributed by atoms with Gasteiger partial charge >= 0.3 is 0 Å². The number of benzene rings is 1. The van der Waals surface area contributed by atoms with Crippen molar-refractivity contribution in [1.29, 1.82) is 0 Å². The highest BCUT2D eigenvalue weighted by atomic mass is 19.1. The van der Waals surface area contributed by atoms with Crippen molar-refractivity contribution in [3.05, 3.63) is 24.0 Å². The molecule has 5 nitrogen and oxygen atoms in total. The molecule has 1 aliphatic heterocycles. The van der Waals surface area contributed by atoms with Crippen LogP contribution in [0.5, 0.6) is 5.75 Å². The van der Waals surface area contributed by atoms with Gasteiger partial charge in [0.05, 0.1) is 26.2 Å². The van der Waals surface area contributed by atoms with Crippen molar-refractivity contribution >= 4 is 11.6 Å². The van der Waals surface area contributed by atoms with Gasteiger partial charge in [-0.25, -0.2) is 4.39 Å². The Bertz CT molecular complexity index is 496. The zero-order chi connectivity index (χ0) is 15.2. The second-order valence-corrected chi connectivity index (χ2v) is 5.04. The molecule has 1 aromatic rings. The summed E-state index contributed by atoms with van der Waals surface area (Å²) in [4.78, 5) is 12.3. The Morgan fingerprint density at radius 3 is 2.95 bits per heavy atom. The van der Waals surface area contributed by atoms with E-state index in [2.05, 4.69) is 17.6 Å². The van der Waals surface area contributed by atoms with Gasteiger partial charge in [-0.3, -0.25) is 4.79 Å². The topological polar surface area (TPSA) is 59.6 Å². The van der Waals surface area contributed by atoms with Crippen LogP contribution in [-0.2, 0) is 9.53 Å². The second-order valence-electron chi connectivity index (χ2n) is 5.04. The molecule has 0 bridgehead atoms. The quantitative estimate of drug-likeness (QED) is 0.840. The van der Waals surface area contributed by atoms with Crippen molar-refractivity contribution in [2.75, 3.05) is 32.2 Å². The maximum atomic E-state index is 13.6. The Morgan fingerprint density at radius 1 is 1.48 bits per heavy atom. The predicted molar refractivity (Wildman–Crippen MR) is 78.0 cm³/mol. The molecule has 0 saturated carbocycles. The smallest absolute Gasteiger partial charge is 0.231 e. The molecule has 0 aromatic heterocycles. The van der Waals surface area contributed by atoms with Crippen LogP contribution in [0.4, 0.5) is 10.1 Å². The zero-order valence-corrected chi connectivity index (χ0v) is 12.3. The summed E-state index contributed by atoms with van der Waals surface area (Å²) >= 11 is 0. The van der Waals surface area contributed by atoms with Crippen LogP contribution in [0, 0.1) is 11.7 Å². The third-order valence-electron chi connectivity index (χ3n) is 3.49. The lowest BCUT2D eigenvalue weighted by atomic mass is 10.0. The maximum absolute atomic E-state index is 13.6. The monoisotopic (exact) mass is 296 g/mol. The first-order valence-electron chi connectivity index (χ1n) is 7.11. The molecule has 1 amide bonds. The van der Waals surface area contributed by atoms with E-state index >= 15 is 0 Å².